The third-order valence-corrected chi connectivity index (χ3v) is 5.47. The minimum absolute atomic E-state index is 0.0266. The van der Waals surface area contributed by atoms with Gasteiger partial charge in [0.2, 0.25) is 0 Å². The second-order valence-corrected chi connectivity index (χ2v) is 8.71. The zero-order valence-corrected chi connectivity index (χ0v) is 19.5. The topological polar surface area (TPSA) is 70.1 Å². The first kappa shape index (κ1) is 23.5. The highest BCUT2D eigenvalue weighted by atomic mass is 16.5. The molecule has 2 aromatic rings. The maximum absolute atomic E-state index is 13.1. The van der Waals surface area contributed by atoms with Crippen LogP contribution in [0.15, 0.2) is 54.1 Å². The van der Waals surface area contributed by atoms with Gasteiger partial charge in [-0.15, -0.1) is 0 Å². The zero-order chi connectivity index (χ0) is 23.4. The molecule has 6 nitrogen and oxygen atoms in total. The Morgan fingerprint density at radius 2 is 1.81 bits per heavy atom. The van der Waals surface area contributed by atoms with Gasteiger partial charge in [-0.2, -0.15) is 0 Å². The number of aliphatic hydroxyl groups is 1. The Balaban J connectivity index is 2.05. The number of hydrogen-bond acceptors (Lipinski definition) is 5. The van der Waals surface area contributed by atoms with E-state index in [4.69, 9.17) is 4.74 Å². The Labute approximate surface area is 190 Å². The summed E-state index contributed by atoms with van der Waals surface area (Å²) < 4.78 is 5.78. The monoisotopic (exact) mass is 436 g/mol. The molecule has 1 heterocycles. The molecule has 1 aliphatic rings. The van der Waals surface area contributed by atoms with Gasteiger partial charge in [-0.05, 0) is 77.2 Å². The predicted molar refractivity (Wildman–Crippen MR) is 126 cm³/mol. The van der Waals surface area contributed by atoms with Gasteiger partial charge >= 0.3 is 0 Å². The van der Waals surface area contributed by atoms with E-state index in [1.165, 1.54) is 0 Å². The van der Waals surface area contributed by atoms with E-state index in [1.807, 2.05) is 70.1 Å². The van der Waals surface area contributed by atoms with Crippen molar-refractivity contribution in [3.63, 3.8) is 0 Å². The molecule has 0 bridgehead atoms. The Bertz CT molecular complexity index is 1010. The Hall–Kier alpha value is -3.12. The molecule has 0 radical (unpaired) electrons. The SMILES string of the molecule is Cc1cc(/C(O)=C2\C(=O)C(=O)N(CCCN(C)C)C2c2ccccc2)ccc1OC(C)C. The summed E-state index contributed by atoms with van der Waals surface area (Å²) in [4.78, 5) is 29.6. The number of nitrogens with zero attached hydrogens (tertiary/aromatic N) is 2. The number of ether oxygens (including phenoxy) is 1. The van der Waals surface area contributed by atoms with Gasteiger partial charge in [0.15, 0.2) is 0 Å². The molecular weight excluding hydrogens is 404 g/mol. The average molecular weight is 437 g/mol. The summed E-state index contributed by atoms with van der Waals surface area (Å²) in [6.45, 7) is 7.01. The van der Waals surface area contributed by atoms with Gasteiger partial charge in [-0.3, -0.25) is 9.59 Å². The van der Waals surface area contributed by atoms with E-state index in [0.717, 1.165) is 29.8 Å². The lowest BCUT2D eigenvalue weighted by atomic mass is 9.95. The molecule has 1 saturated heterocycles. The molecule has 3 rings (SSSR count). The van der Waals surface area contributed by atoms with Crippen molar-refractivity contribution in [1.29, 1.82) is 0 Å². The highest BCUT2D eigenvalue weighted by Gasteiger charge is 2.45. The molecule has 1 fully saturated rings. The van der Waals surface area contributed by atoms with Crippen molar-refractivity contribution in [2.45, 2.75) is 39.3 Å². The van der Waals surface area contributed by atoms with Crippen LogP contribution in [0, 0.1) is 6.92 Å². The molecule has 0 aromatic heterocycles. The normalized spacial score (nSPS) is 18.1. The van der Waals surface area contributed by atoms with Crippen molar-refractivity contribution in [2.24, 2.45) is 0 Å². The van der Waals surface area contributed by atoms with Crippen molar-refractivity contribution in [1.82, 2.24) is 9.80 Å². The molecule has 1 amide bonds. The lowest BCUT2D eigenvalue weighted by Gasteiger charge is -2.26. The number of hydrogen-bond donors (Lipinski definition) is 1. The van der Waals surface area contributed by atoms with Gasteiger partial charge in [0.1, 0.15) is 11.5 Å². The molecule has 1 N–H and O–H groups in total. The van der Waals surface area contributed by atoms with E-state index < -0.39 is 17.7 Å². The first-order valence-corrected chi connectivity index (χ1v) is 11.0. The fourth-order valence-corrected chi connectivity index (χ4v) is 3.99. The van der Waals surface area contributed by atoms with Crippen molar-refractivity contribution < 1.29 is 19.4 Å². The summed E-state index contributed by atoms with van der Waals surface area (Å²) in [6.07, 6.45) is 0.753. The lowest BCUT2D eigenvalue weighted by Crippen LogP contribution is -2.32. The van der Waals surface area contributed by atoms with Crippen molar-refractivity contribution in [2.75, 3.05) is 27.2 Å². The lowest BCUT2D eigenvalue weighted by molar-refractivity contribution is -0.139. The number of Topliss-reactive ketones (excluding diaryl/α,β-unsaturated/α-hetero) is 1. The summed E-state index contributed by atoms with van der Waals surface area (Å²) in [5.41, 5.74) is 2.27. The standard InChI is InChI=1S/C26H32N2O4/c1-17(2)32-21-13-12-20(16-18(21)3)24(29)22-23(19-10-7-6-8-11-19)28(26(31)25(22)30)15-9-14-27(4)5/h6-8,10-13,16-17,23,29H,9,14-15H2,1-5H3/b24-22+. The molecule has 2 aromatic carbocycles. The van der Waals surface area contributed by atoms with Crippen LogP contribution in [0.1, 0.15) is 43.0 Å². The van der Waals surface area contributed by atoms with Crippen LogP contribution >= 0.6 is 0 Å². The van der Waals surface area contributed by atoms with E-state index in [1.54, 1.807) is 23.1 Å². The van der Waals surface area contributed by atoms with Crippen LogP contribution in [-0.2, 0) is 9.59 Å². The van der Waals surface area contributed by atoms with Gasteiger partial charge in [0.05, 0.1) is 17.7 Å². The number of carbonyl (C=O) groups excluding carboxylic acids is 2. The third-order valence-electron chi connectivity index (χ3n) is 5.47. The van der Waals surface area contributed by atoms with E-state index in [-0.39, 0.29) is 17.4 Å². The van der Waals surface area contributed by atoms with E-state index in [9.17, 15) is 14.7 Å². The summed E-state index contributed by atoms with van der Waals surface area (Å²) >= 11 is 0. The molecule has 1 aliphatic heterocycles. The smallest absolute Gasteiger partial charge is 0.295 e. The van der Waals surface area contributed by atoms with Crippen molar-refractivity contribution >= 4 is 17.4 Å². The van der Waals surface area contributed by atoms with Crippen molar-refractivity contribution in [3.8, 4) is 5.75 Å². The van der Waals surface area contributed by atoms with Crippen LogP contribution in [0.2, 0.25) is 0 Å². The molecule has 0 saturated carbocycles. The zero-order valence-electron chi connectivity index (χ0n) is 19.5. The van der Waals surface area contributed by atoms with E-state index in [2.05, 4.69) is 0 Å². The van der Waals surface area contributed by atoms with Gasteiger partial charge in [-0.1, -0.05) is 30.3 Å². The van der Waals surface area contributed by atoms with Crippen LogP contribution in [-0.4, -0.2) is 59.9 Å². The van der Waals surface area contributed by atoms with Crippen LogP contribution in [0.25, 0.3) is 5.76 Å². The second kappa shape index (κ2) is 10.0. The van der Waals surface area contributed by atoms with Crippen LogP contribution in [0.5, 0.6) is 5.75 Å². The molecule has 170 valence electrons. The van der Waals surface area contributed by atoms with Gasteiger partial charge in [-0.25, -0.2) is 0 Å². The Morgan fingerprint density at radius 1 is 1.12 bits per heavy atom. The van der Waals surface area contributed by atoms with Crippen LogP contribution < -0.4 is 4.74 Å². The molecule has 32 heavy (non-hydrogen) atoms. The molecular formula is C26H32N2O4. The van der Waals surface area contributed by atoms with Crippen LogP contribution in [0.4, 0.5) is 0 Å². The number of ketones is 1. The number of aryl methyl sites for hydroxylation is 1. The number of rotatable bonds is 8. The van der Waals surface area contributed by atoms with Crippen LogP contribution in [0.3, 0.4) is 0 Å². The summed E-state index contributed by atoms with van der Waals surface area (Å²) in [5, 5.41) is 11.2. The largest absolute Gasteiger partial charge is 0.507 e. The summed E-state index contributed by atoms with van der Waals surface area (Å²) in [6, 6.07) is 14.1. The number of aliphatic hydroxyl groups excluding tert-OH is 1. The molecule has 1 unspecified atom stereocenters. The molecule has 0 spiro atoms. The highest BCUT2D eigenvalue weighted by Crippen LogP contribution is 2.39. The maximum Gasteiger partial charge on any atom is 0.295 e. The number of carbonyl (C=O) groups is 2. The molecule has 0 aliphatic carbocycles. The van der Waals surface area contributed by atoms with E-state index in [0.29, 0.717) is 12.1 Å². The Morgan fingerprint density at radius 3 is 2.41 bits per heavy atom. The molecule has 6 heteroatoms. The predicted octanol–water partition coefficient (Wildman–Crippen LogP) is 4.16. The van der Waals surface area contributed by atoms with Gasteiger partial charge in [0, 0.05) is 12.1 Å². The quantitative estimate of drug-likeness (QED) is 0.382. The van der Waals surface area contributed by atoms with Gasteiger partial charge in [0.25, 0.3) is 11.7 Å². The first-order valence-electron chi connectivity index (χ1n) is 11.0. The summed E-state index contributed by atoms with van der Waals surface area (Å²) in [7, 11) is 3.94. The minimum Gasteiger partial charge on any atom is -0.507 e. The Kier molecular flexibility index (Phi) is 7.36. The minimum atomic E-state index is -0.652. The maximum atomic E-state index is 13.1. The third kappa shape index (κ3) is 5.02. The van der Waals surface area contributed by atoms with Crippen molar-refractivity contribution in [3.05, 3.63) is 70.8 Å². The van der Waals surface area contributed by atoms with E-state index >= 15 is 0 Å². The number of benzene rings is 2. The highest BCUT2D eigenvalue weighted by molar-refractivity contribution is 6.46. The second-order valence-electron chi connectivity index (χ2n) is 8.71. The average Bonchev–Trinajstić information content (AvgIpc) is 2.99. The number of amides is 1. The number of likely N-dealkylation sites (tertiary alicyclic amines) is 1. The fraction of sp³-hybridized carbons (Fsp3) is 0.385. The molecule has 1 atom stereocenters. The van der Waals surface area contributed by atoms with Gasteiger partial charge < -0.3 is 19.6 Å². The fourth-order valence-electron chi connectivity index (χ4n) is 3.99. The summed E-state index contributed by atoms with van der Waals surface area (Å²) in [5.74, 6) is -0.663. The first-order chi connectivity index (χ1) is 15.2.